The van der Waals surface area contributed by atoms with Crippen LogP contribution in [-0.2, 0) is 13.7 Å². The lowest BCUT2D eigenvalue weighted by atomic mass is 10.5. The van der Waals surface area contributed by atoms with Gasteiger partial charge in [0.2, 0.25) is 5.89 Å². The number of aromatic nitrogens is 4. The van der Waals surface area contributed by atoms with Gasteiger partial charge in [-0.2, -0.15) is 0 Å². The summed E-state index contributed by atoms with van der Waals surface area (Å²) in [4.78, 5) is 5.25. The molecular weight excluding hydrogens is 308 g/mol. The molecule has 1 N–H and O–H groups in total. The minimum Gasteiger partial charge on any atom is -0.419 e. The van der Waals surface area contributed by atoms with Crippen molar-refractivity contribution in [3.8, 4) is 10.8 Å². The van der Waals surface area contributed by atoms with Crippen molar-refractivity contribution in [3.63, 3.8) is 0 Å². The number of aliphatic hydroxyl groups excluding tert-OH is 1. The Bertz CT molecular complexity index is 720. The van der Waals surface area contributed by atoms with Crippen molar-refractivity contribution in [1.29, 1.82) is 0 Å². The van der Waals surface area contributed by atoms with E-state index in [0.717, 1.165) is 15.7 Å². The lowest BCUT2D eigenvalue weighted by molar-refractivity contribution is 0.271. The highest BCUT2D eigenvalue weighted by Crippen LogP contribution is 2.35. The van der Waals surface area contributed by atoms with E-state index in [4.69, 9.17) is 4.42 Å². The van der Waals surface area contributed by atoms with Gasteiger partial charge >= 0.3 is 0 Å². The number of nitrogens with zero attached hydrogens (tertiary/aromatic N) is 4. The molecule has 0 aliphatic carbocycles. The zero-order valence-corrected chi connectivity index (χ0v) is 13.2. The molecule has 0 spiro atoms. The van der Waals surface area contributed by atoms with E-state index >= 15 is 0 Å². The molecule has 21 heavy (non-hydrogen) atoms. The molecule has 0 fully saturated rings. The molecule has 8 heteroatoms. The fraction of sp³-hybridized carbons (Fsp3) is 0.308. The molecular formula is C13H14N4O2S2. The quantitative estimate of drug-likeness (QED) is 0.728. The normalized spacial score (nSPS) is 12.7. The Kier molecular flexibility index (Phi) is 4.09. The van der Waals surface area contributed by atoms with Gasteiger partial charge in [0.25, 0.3) is 5.89 Å². The van der Waals surface area contributed by atoms with Crippen molar-refractivity contribution in [2.75, 3.05) is 0 Å². The van der Waals surface area contributed by atoms with E-state index in [2.05, 4.69) is 15.2 Å². The molecule has 0 saturated carbocycles. The van der Waals surface area contributed by atoms with Crippen LogP contribution in [0.25, 0.3) is 10.8 Å². The molecule has 0 radical (unpaired) electrons. The molecule has 3 heterocycles. The molecule has 3 aromatic rings. The second-order valence-electron chi connectivity index (χ2n) is 4.43. The highest BCUT2D eigenvalue weighted by atomic mass is 32.2. The Morgan fingerprint density at radius 3 is 3.00 bits per heavy atom. The zero-order chi connectivity index (χ0) is 14.8. The molecule has 0 amide bonds. The average Bonchev–Trinajstić information content (AvgIpc) is 3.19. The van der Waals surface area contributed by atoms with Crippen molar-refractivity contribution in [2.45, 2.75) is 23.9 Å². The standard InChI is InChI=1S/C13H14N4O2S2/c1-8(21-13-14-6-9(7-18)17(13)2)11-15-16-12(19-11)10-4-3-5-20-10/h3-6,8,18H,7H2,1-2H3. The maximum Gasteiger partial charge on any atom is 0.257 e. The van der Waals surface area contributed by atoms with Crippen LogP contribution in [0.5, 0.6) is 0 Å². The van der Waals surface area contributed by atoms with Gasteiger partial charge in [-0.25, -0.2) is 4.98 Å². The van der Waals surface area contributed by atoms with Crippen molar-refractivity contribution in [3.05, 3.63) is 35.3 Å². The maximum absolute atomic E-state index is 9.18. The highest BCUT2D eigenvalue weighted by Gasteiger charge is 2.19. The molecule has 0 bridgehead atoms. The number of hydrogen-bond acceptors (Lipinski definition) is 7. The molecule has 110 valence electrons. The molecule has 0 aliphatic heterocycles. The van der Waals surface area contributed by atoms with Gasteiger partial charge in [-0.1, -0.05) is 17.8 Å². The first-order valence-corrected chi connectivity index (χ1v) is 8.10. The Hall–Kier alpha value is -1.64. The van der Waals surface area contributed by atoms with Gasteiger partial charge in [-0.3, -0.25) is 0 Å². The summed E-state index contributed by atoms with van der Waals surface area (Å²) in [5.41, 5.74) is 0.773. The molecule has 0 aromatic carbocycles. The second-order valence-corrected chi connectivity index (χ2v) is 6.69. The first-order valence-electron chi connectivity index (χ1n) is 6.34. The largest absolute Gasteiger partial charge is 0.419 e. The summed E-state index contributed by atoms with van der Waals surface area (Å²) in [6.45, 7) is 1.96. The summed E-state index contributed by atoms with van der Waals surface area (Å²) < 4.78 is 7.57. The topological polar surface area (TPSA) is 77.0 Å². The number of thiophene rings is 1. The minimum absolute atomic E-state index is 0.0149. The number of aliphatic hydroxyl groups is 1. The molecule has 1 unspecified atom stereocenters. The van der Waals surface area contributed by atoms with Crippen molar-refractivity contribution in [1.82, 2.24) is 19.7 Å². The summed E-state index contributed by atoms with van der Waals surface area (Å²) >= 11 is 3.08. The van der Waals surface area contributed by atoms with Crippen molar-refractivity contribution in [2.24, 2.45) is 7.05 Å². The summed E-state index contributed by atoms with van der Waals surface area (Å²) in [6, 6.07) is 3.90. The van der Waals surface area contributed by atoms with Crippen LogP contribution in [-0.4, -0.2) is 24.9 Å². The third kappa shape index (κ3) is 2.87. The van der Waals surface area contributed by atoms with Crippen LogP contribution in [0.1, 0.15) is 23.8 Å². The lowest BCUT2D eigenvalue weighted by Crippen LogP contribution is -1.99. The van der Waals surface area contributed by atoms with Crippen LogP contribution in [0.4, 0.5) is 0 Å². The van der Waals surface area contributed by atoms with E-state index < -0.39 is 0 Å². The van der Waals surface area contributed by atoms with Crippen LogP contribution in [0, 0.1) is 0 Å². The van der Waals surface area contributed by atoms with E-state index in [0.29, 0.717) is 11.8 Å². The Balaban J connectivity index is 1.76. The Morgan fingerprint density at radius 2 is 2.33 bits per heavy atom. The van der Waals surface area contributed by atoms with Crippen molar-refractivity contribution >= 4 is 23.1 Å². The monoisotopic (exact) mass is 322 g/mol. The molecule has 3 rings (SSSR count). The van der Waals surface area contributed by atoms with E-state index in [9.17, 15) is 5.11 Å². The fourth-order valence-corrected chi connectivity index (χ4v) is 3.33. The number of rotatable bonds is 5. The van der Waals surface area contributed by atoms with Crippen LogP contribution in [0.15, 0.2) is 33.3 Å². The smallest absolute Gasteiger partial charge is 0.257 e. The summed E-state index contributed by atoms with van der Waals surface area (Å²) in [7, 11) is 1.87. The van der Waals surface area contributed by atoms with Gasteiger partial charge in [-0.05, 0) is 18.4 Å². The third-order valence-electron chi connectivity index (χ3n) is 3.01. The van der Waals surface area contributed by atoms with Gasteiger partial charge in [0.1, 0.15) is 0 Å². The van der Waals surface area contributed by atoms with Gasteiger partial charge in [0.15, 0.2) is 5.16 Å². The van der Waals surface area contributed by atoms with E-state index in [-0.39, 0.29) is 11.9 Å². The number of imidazole rings is 1. The van der Waals surface area contributed by atoms with Gasteiger partial charge in [0, 0.05) is 7.05 Å². The first-order chi connectivity index (χ1) is 10.2. The van der Waals surface area contributed by atoms with Crippen molar-refractivity contribution < 1.29 is 9.52 Å². The number of thioether (sulfide) groups is 1. The average molecular weight is 322 g/mol. The predicted molar refractivity (Wildman–Crippen MR) is 81.0 cm³/mol. The molecule has 6 nitrogen and oxygen atoms in total. The lowest BCUT2D eigenvalue weighted by Gasteiger charge is -2.07. The predicted octanol–water partition coefficient (Wildman–Crippen LogP) is 2.88. The zero-order valence-electron chi connectivity index (χ0n) is 11.6. The molecule has 0 saturated heterocycles. The highest BCUT2D eigenvalue weighted by molar-refractivity contribution is 7.99. The van der Waals surface area contributed by atoms with E-state index in [1.54, 1.807) is 17.5 Å². The molecule has 3 aromatic heterocycles. The summed E-state index contributed by atoms with van der Waals surface area (Å²) in [5, 5.41) is 20.1. The molecule has 1 atom stereocenters. The van der Waals surface area contributed by atoms with Crippen LogP contribution in [0.2, 0.25) is 0 Å². The maximum atomic E-state index is 9.18. The second kappa shape index (κ2) is 6.00. The number of hydrogen-bond donors (Lipinski definition) is 1. The third-order valence-corrected chi connectivity index (χ3v) is 5.01. The summed E-state index contributed by atoms with van der Waals surface area (Å²) in [6.07, 6.45) is 1.67. The van der Waals surface area contributed by atoms with Gasteiger partial charge < -0.3 is 14.1 Å². The van der Waals surface area contributed by atoms with Crippen LogP contribution < -0.4 is 0 Å². The van der Waals surface area contributed by atoms with Crippen LogP contribution in [0.3, 0.4) is 0 Å². The van der Waals surface area contributed by atoms with E-state index in [1.165, 1.54) is 11.8 Å². The van der Waals surface area contributed by atoms with E-state index in [1.807, 2.05) is 36.1 Å². The summed E-state index contributed by atoms with van der Waals surface area (Å²) in [5.74, 6) is 1.11. The first kappa shape index (κ1) is 14.3. The fourth-order valence-electron chi connectivity index (χ4n) is 1.79. The van der Waals surface area contributed by atoms with Gasteiger partial charge in [0.05, 0.1) is 28.6 Å². The minimum atomic E-state index is -0.0263. The van der Waals surface area contributed by atoms with Gasteiger partial charge in [-0.15, -0.1) is 21.5 Å². The van der Waals surface area contributed by atoms with Crippen LogP contribution >= 0.6 is 23.1 Å². The Labute approximate surface area is 129 Å². The molecule has 0 aliphatic rings. The SMILES string of the molecule is CC(Sc1ncc(CO)n1C)c1nnc(-c2cccs2)o1. The Morgan fingerprint density at radius 1 is 1.48 bits per heavy atom.